The Hall–Kier alpha value is -1.10. The van der Waals surface area contributed by atoms with Crippen molar-refractivity contribution < 1.29 is 14.6 Å². The first kappa shape index (κ1) is 14.3. The molecular formula is C15H23NO3. The van der Waals surface area contributed by atoms with Crippen molar-refractivity contribution in [1.82, 2.24) is 5.32 Å². The van der Waals surface area contributed by atoms with Crippen LogP contribution in [0.3, 0.4) is 0 Å². The highest BCUT2D eigenvalue weighted by Gasteiger charge is 2.14. The van der Waals surface area contributed by atoms with Crippen molar-refractivity contribution in [2.75, 3.05) is 33.4 Å². The predicted octanol–water partition coefficient (Wildman–Crippen LogP) is 1.74. The summed E-state index contributed by atoms with van der Waals surface area (Å²) in [6.07, 6.45) is 1.88. The number of ether oxygens (including phenoxy) is 2. The van der Waals surface area contributed by atoms with Gasteiger partial charge >= 0.3 is 0 Å². The van der Waals surface area contributed by atoms with Gasteiger partial charge in [0.15, 0.2) is 0 Å². The van der Waals surface area contributed by atoms with Crippen LogP contribution in [0.2, 0.25) is 0 Å². The maximum absolute atomic E-state index is 10.1. The zero-order valence-corrected chi connectivity index (χ0v) is 11.5. The van der Waals surface area contributed by atoms with Crippen molar-refractivity contribution in [3.05, 3.63) is 29.8 Å². The third kappa shape index (κ3) is 4.49. The Labute approximate surface area is 114 Å². The summed E-state index contributed by atoms with van der Waals surface area (Å²) in [7, 11) is 1.64. The topological polar surface area (TPSA) is 50.7 Å². The first-order valence-electron chi connectivity index (χ1n) is 6.90. The van der Waals surface area contributed by atoms with Gasteiger partial charge in [0.2, 0.25) is 0 Å². The van der Waals surface area contributed by atoms with Gasteiger partial charge in [-0.2, -0.15) is 0 Å². The van der Waals surface area contributed by atoms with Crippen LogP contribution in [0, 0.1) is 5.92 Å². The molecule has 19 heavy (non-hydrogen) atoms. The van der Waals surface area contributed by atoms with E-state index in [0.29, 0.717) is 12.5 Å². The van der Waals surface area contributed by atoms with E-state index < -0.39 is 6.10 Å². The molecule has 0 aliphatic carbocycles. The van der Waals surface area contributed by atoms with Gasteiger partial charge in [-0.25, -0.2) is 0 Å². The van der Waals surface area contributed by atoms with Crippen LogP contribution >= 0.6 is 0 Å². The monoisotopic (exact) mass is 265 g/mol. The van der Waals surface area contributed by atoms with Crippen molar-refractivity contribution in [2.24, 2.45) is 5.92 Å². The first-order chi connectivity index (χ1) is 9.29. The fraction of sp³-hybridized carbons (Fsp3) is 0.600. The molecule has 1 heterocycles. The Morgan fingerprint density at radius 2 is 2.21 bits per heavy atom. The van der Waals surface area contributed by atoms with Gasteiger partial charge in [-0.15, -0.1) is 0 Å². The maximum atomic E-state index is 10.1. The molecule has 1 aromatic rings. The number of rotatable bonds is 6. The molecule has 0 bridgehead atoms. The molecule has 2 atom stereocenters. The van der Waals surface area contributed by atoms with Gasteiger partial charge < -0.3 is 19.9 Å². The van der Waals surface area contributed by atoms with Crippen molar-refractivity contribution in [3.63, 3.8) is 0 Å². The summed E-state index contributed by atoms with van der Waals surface area (Å²) in [6, 6.07) is 7.53. The van der Waals surface area contributed by atoms with Crippen LogP contribution in [0.1, 0.15) is 24.5 Å². The van der Waals surface area contributed by atoms with E-state index in [1.807, 2.05) is 24.3 Å². The molecule has 1 aliphatic heterocycles. The summed E-state index contributed by atoms with van der Waals surface area (Å²) in [5, 5.41) is 13.4. The second-order valence-electron chi connectivity index (χ2n) is 5.03. The highest BCUT2D eigenvalue weighted by Crippen LogP contribution is 2.17. The minimum atomic E-state index is -0.476. The summed E-state index contributed by atoms with van der Waals surface area (Å²) >= 11 is 0. The van der Waals surface area contributed by atoms with E-state index in [-0.39, 0.29) is 0 Å². The lowest BCUT2D eigenvalue weighted by molar-refractivity contribution is 0.0532. The molecule has 4 nitrogen and oxygen atoms in total. The lowest BCUT2D eigenvalue weighted by Crippen LogP contribution is -2.31. The third-order valence-corrected chi connectivity index (χ3v) is 3.53. The number of benzene rings is 1. The molecule has 2 N–H and O–H groups in total. The SMILES string of the molecule is COc1ccc(C(O)CNCC2CCCOC2)cc1. The van der Waals surface area contributed by atoms with Crippen LogP contribution < -0.4 is 10.1 Å². The first-order valence-corrected chi connectivity index (χ1v) is 6.90. The normalized spacial score (nSPS) is 21.1. The molecule has 0 radical (unpaired) electrons. The van der Waals surface area contributed by atoms with E-state index in [2.05, 4.69) is 5.32 Å². The Kier molecular flexibility index (Phi) is 5.63. The van der Waals surface area contributed by atoms with Crippen molar-refractivity contribution in [2.45, 2.75) is 18.9 Å². The van der Waals surface area contributed by atoms with Crippen LogP contribution in [0.5, 0.6) is 5.75 Å². The average molecular weight is 265 g/mol. The largest absolute Gasteiger partial charge is 0.497 e. The van der Waals surface area contributed by atoms with Gasteiger partial charge in [-0.1, -0.05) is 12.1 Å². The lowest BCUT2D eigenvalue weighted by Gasteiger charge is -2.23. The van der Waals surface area contributed by atoms with E-state index in [0.717, 1.165) is 37.5 Å². The Balaban J connectivity index is 1.72. The summed E-state index contributed by atoms with van der Waals surface area (Å²) in [5.74, 6) is 1.39. The molecule has 1 aliphatic rings. The van der Waals surface area contributed by atoms with E-state index in [9.17, 15) is 5.11 Å². The number of aliphatic hydroxyl groups excluding tert-OH is 1. The van der Waals surface area contributed by atoms with E-state index in [1.165, 1.54) is 6.42 Å². The fourth-order valence-corrected chi connectivity index (χ4v) is 2.34. The average Bonchev–Trinajstić information content (AvgIpc) is 2.48. The number of methoxy groups -OCH3 is 1. The van der Waals surface area contributed by atoms with Crippen molar-refractivity contribution in [1.29, 1.82) is 0 Å². The van der Waals surface area contributed by atoms with Gasteiger partial charge in [0.25, 0.3) is 0 Å². The molecule has 0 amide bonds. The van der Waals surface area contributed by atoms with Crippen LogP contribution in [-0.2, 0) is 4.74 Å². The highest BCUT2D eigenvalue weighted by molar-refractivity contribution is 5.28. The van der Waals surface area contributed by atoms with E-state index in [4.69, 9.17) is 9.47 Å². The molecule has 1 fully saturated rings. The molecule has 0 saturated carbocycles. The smallest absolute Gasteiger partial charge is 0.118 e. The number of nitrogens with one attached hydrogen (secondary N) is 1. The number of hydrogen-bond donors (Lipinski definition) is 2. The zero-order chi connectivity index (χ0) is 13.5. The molecule has 106 valence electrons. The van der Waals surface area contributed by atoms with Gasteiger partial charge in [-0.05, 0) is 36.5 Å². The minimum absolute atomic E-state index is 0.476. The molecule has 0 spiro atoms. The molecule has 1 aromatic carbocycles. The Morgan fingerprint density at radius 1 is 1.42 bits per heavy atom. The molecule has 4 heteroatoms. The summed E-state index contributed by atoms with van der Waals surface area (Å²) in [6.45, 7) is 3.21. The van der Waals surface area contributed by atoms with Crippen LogP contribution in [0.15, 0.2) is 24.3 Å². The molecule has 2 rings (SSSR count). The minimum Gasteiger partial charge on any atom is -0.497 e. The standard InChI is InChI=1S/C15H23NO3/c1-18-14-6-4-13(5-7-14)15(17)10-16-9-12-3-2-8-19-11-12/h4-7,12,15-17H,2-3,8-11H2,1H3. The Bertz CT molecular complexity index is 360. The summed E-state index contributed by atoms with van der Waals surface area (Å²) in [5.41, 5.74) is 0.910. The second kappa shape index (κ2) is 7.48. The second-order valence-corrected chi connectivity index (χ2v) is 5.03. The van der Waals surface area contributed by atoms with Crippen LogP contribution in [0.4, 0.5) is 0 Å². The van der Waals surface area contributed by atoms with Crippen LogP contribution in [0.25, 0.3) is 0 Å². The van der Waals surface area contributed by atoms with E-state index >= 15 is 0 Å². The Morgan fingerprint density at radius 3 is 2.84 bits per heavy atom. The van der Waals surface area contributed by atoms with Crippen LogP contribution in [-0.4, -0.2) is 38.5 Å². The molecule has 2 unspecified atom stereocenters. The molecule has 0 aromatic heterocycles. The summed E-state index contributed by atoms with van der Waals surface area (Å²) in [4.78, 5) is 0. The number of aliphatic hydroxyl groups is 1. The fourth-order valence-electron chi connectivity index (χ4n) is 2.34. The summed E-state index contributed by atoms with van der Waals surface area (Å²) < 4.78 is 10.5. The highest BCUT2D eigenvalue weighted by atomic mass is 16.5. The number of hydrogen-bond acceptors (Lipinski definition) is 4. The third-order valence-electron chi connectivity index (χ3n) is 3.53. The van der Waals surface area contributed by atoms with Crippen molar-refractivity contribution >= 4 is 0 Å². The molecule has 1 saturated heterocycles. The van der Waals surface area contributed by atoms with Gasteiger partial charge in [-0.3, -0.25) is 0 Å². The predicted molar refractivity (Wildman–Crippen MR) is 74.4 cm³/mol. The lowest BCUT2D eigenvalue weighted by atomic mass is 10.0. The van der Waals surface area contributed by atoms with Gasteiger partial charge in [0, 0.05) is 19.7 Å². The molecular weight excluding hydrogens is 242 g/mol. The zero-order valence-electron chi connectivity index (χ0n) is 11.5. The van der Waals surface area contributed by atoms with Crippen molar-refractivity contribution in [3.8, 4) is 5.75 Å². The van der Waals surface area contributed by atoms with Gasteiger partial charge in [0.1, 0.15) is 5.75 Å². The van der Waals surface area contributed by atoms with Gasteiger partial charge in [0.05, 0.1) is 19.8 Å². The maximum Gasteiger partial charge on any atom is 0.118 e. The quantitative estimate of drug-likeness (QED) is 0.822. The van der Waals surface area contributed by atoms with E-state index in [1.54, 1.807) is 7.11 Å².